The highest BCUT2D eigenvalue weighted by atomic mass is 32.2. The molecule has 0 radical (unpaired) electrons. The van der Waals surface area contributed by atoms with E-state index in [9.17, 15) is 4.79 Å². The molecule has 3 aromatic rings. The molecule has 0 saturated carbocycles. The zero-order chi connectivity index (χ0) is 16.6. The van der Waals surface area contributed by atoms with Gasteiger partial charge in [0.1, 0.15) is 5.76 Å². The lowest BCUT2D eigenvalue weighted by atomic mass is 10.2. The Kier molecular flexibility index (Phi) is 5.86. The Bertz CT molecular complexity index is 760. The van der Waals surface area contributed by atoms with Crippen LogP contribution in [0, 0.1) is 0 Å². The fourth-order valence-electron chi connectivity index (χ4n) is 1.89. The first kappa shape index (κ1) is 16.5. The van der Waals surface area contributed by atoms with E-state index in [4.69, 9.17) is 4.42 Å². The average Bonchev–Trinajstić information content (AvgIpc) is 3.29. The van der Waals surface area contributed by atoms with Gasteiger partial charge < -0.3 is 15.1 Å². The molecule has 124 valence electrons. The SMILES string of the molecule is O=C(CSc1nnc(NCc2ccccc2)s1)NCc1ccco1. The summed E-state index contributed by atoms with van der Waals surface area (Å²) in [6.07, 6.45) is 1.58. The van der Waals surface area contributed by atoms with E-state index >= 15 is 0 Å². The molecule has 0 aliphatic carbocycles. The van der Waals surface area contributed by atoms with Crippen molar-refractivity contribution in [2.45, 2.75) is 17.4 Å². The molecule has 3 rings (SSSR count). The zero-order valence-electron chi connectivity index (χ0n) is 12.8. The van der Waals surface area contributed by atoms with Gasteiger partial charge in [0.2, 0.25) is 11.0 Å². The molecule has 2 heterocycles. The number of amides is 1. The zero-order valence-corrected chi connectivity index (χ0v) is 14.4. The highest BCUT2D eigenvalue weighted by molar-refractivity contribution is 8.01. The van der Waals surface area contributed by atoms with Crippen molar-refractivity contribution in [3.05, 3.63) is 60.1 Å². The molecule has 0 atom stereocenters. The van der Waals surface area contributed by atoms with Crippen molar-refractivity contribution in [2.24, 2.45) is 0 Å². The smallest absolute Gasteiger partial charge is 0.230 e. The Labute approximate surface area is 147 Å². The molecule has 8 heteroatoms. The summed E-state index contributed by atoms with van der Waals surface area (Å²) in [5.74, 6) is 0.968. The summed E-state index contributed by atoms with van der Waals surface area (Å²) in [6, 6.07) is 13.7. The van der Waals surface area contributed by atoms with Gasteiger partial charge in [0.15, 0.2) is 4.34 Å². The van der Waals surface area contributed by atoms with Gasteiger partial charge in [-0.15, -0.1) is 10.2 Å². The molecule has 24 heavy (non-hydrogen) atoms. The third-order valence-electron chi connectivity index (χ3n) is 3.06. The largest absolute Gasteiger partial charge is 0.467 e. The van der Waals surface area contributed by atoms with Crippen molar-refractivity contribution in [1.82, 2.24) is 15.5 Å². The fourth-order valence-corrected chi connectivity index (χ4v) is 3.47. The second kappa shape index (κ2) is 8.51. The number of anilines is 1. The van der Waals surface area contributed by atoms with Gasteiger partial charge in [-0.3, -0.25) is 4.79 Å². The summed E-state index contributed by atoms with van der Waals surface area (Å²) in [7, 11) is 0. The van der Waals surface area contributed by atoms with Crippen molar-refractivity contribution in [3.8, 4) is 0 Å². The maximum Gasteiger partial charge on any atom is 0.230 e. The topological polar surface area (TPSA) is 80.0 Å². The van der Waals surface area contributed by atoms with E-state index in [0.717, 1.165) is 15.2 Å². The minimum absolute atomic E-state index is 0.0644. The molecule has 1 aromatic carbocycles. The number of carbonyl (C=O) groups is 1. The third-order valence-corrected chi connectivity index (χ3v) is 5.07. The number of nitrogens with one attached hydrogen (secondary N) is 2. The molecular weight excluding hydrogens is 344 g/mol. The Morgan fingerprint density at radius 1 is 1.12 bits per heavy atom. The minimum atomic E-state index is -0.0644. The van der Waals surface area contributed by atoms with E-state index in [2.05, 4.69) is 20.8 Å². The van der Waals surface area contributed by atoms with Crippen molar-refractivity contribution in [3.63, 3.8) is 0 Å². The van der Waals surface area contributed by atoms with Crippen LogP contribution in [0.2, 0.25) is 0 Å². The minimum Gasteiger partial charge on any atom is -0.467 e. The molecule has 0 spiro atoms. The molecule has 2 aromatic heterocycles. The first-order valence-corrected chi connectivity index (χ1v) is 9.13. The van der Waals surface area contributed by atoms with Gasteiger partial charge in [-0.25, -0.2) is 0 Å². The molecule has 0 fully saturated rings. The number of aromatic nitrogens is 2. The van der Waals surface area contributed by atoms with Gasteiger partial charge in [-0.2, -0.15) is 0 Å². The summed E-state index contributed by atoms with van der Waals surface area (Å²) in [6.45, 7) is 1.09. The van der Waals surface area contributed by atoms with Crippen LogP contribution in [0.5, 0.6) is 0 Å². The number of carbonyl (C=O) groups excluding carboxylic acids is 1. The maximum atomic E-state index is 11.8. The summed E-state index contributed by atoms with van der Waals surface area (Å²) in [5, 5.41) is 14.9. The molecule has 6 nitrogen and oxygen atoms in total. The van der Waals surface area contributed by atoms with Crippen molar-refractivity contribution in [2.75, 3.05) is 11.1 Å². The van der Waals surface area contributed by atoms with Crippen LogP contribution in [0.3, 0.4) is 0 Å². The number of hydrogen-bond acceptors (Lipinski definition) is 7. The van der Waals surface area contributed by atoms with E-state index in [1.807, 2.05) is 36.4 Å². The monoisotopic (exact) mass is 360 g/mol. The Balaban J connectivity index is 1.40. The Morgan fingerprint density at radius 3 is 2.79 bits per heavy atom. The first-order chi connectivity index (χ1) is 11.8. The Morgan fingerprint density at radius 2 is 2.00 bits per heavy atom. The van der Waals surface area contributed by atoms with Gasteiger partial charge in [0.25, 0.3) is 0 Å². The van der Waals surface area contributed by atoms with E-state index in [0.29, 0.717) is 18.8 Å². The fraction of sp³-hybridized carbons (Fsp3) is 0.188. The Hall–Kier alpha value is -2.32. The average molecular weight is 360 g/mol. The summed E-state index contributed by atoms with van der Waals surface area (Å²) in [4.78, 5) is 11.8. The van der Waals surface area contributed by atoms with Gasteiger partial charge in [-0.05, 0) is 17.7 Å². The molecule has 0 aliphatic heterocycles. The number of furan rings is 1. The molecule has 0 bridgehead atoms. The van der Waals surface area contributed by atoms with Crippen LogP contribution < -0.4 is 10.6 Å². The summed E-state index contributed by atoms with van der Waals surface area (Å²) >= 11 is 2.81. The van der Waals surface area contributed by atoms with Crippen LogP contribution in [-0.2, 0) is 17.9 Å². The molecular formula is C16H16N4O2S2. The molecule has 0 unspecified atom stereocenters. The highest BCUT2D eigenvalue weighted by Crippen LogP contribution is 2.25. The van der Waals surface area contributed by atoms with Crippen molar-refractivity contribution < 1.29 is 9.21 Å². The van der Waals surface area contributed by atoms with Crippen LogP contribution in [0.4, 0.5) is 5.13 Å². The van der Waals surface area contributed by atoms with Gasteiger partial charge >= 0.3 is 0 Å². The van der Waals surface area contributed by atoms with Crippen LogP contribution >= 0.6 is 23.1 Å². The van der Waals surface area contributed by atoms with E-state index in [1.165, 1.54) is 28.7 Å². The predicted molar refractivity (Wildman–Crippen MR) is 95.0 cm³/mol. The quantitative estimate of drug-likeness (QED) is 0.601. The lowest BCUT2D eigenvalue weighted by molar-refractivity contribution is -0.118. The second-order valence-electron chi connectivity index (χ2n) is 4.86. The van der Waals surface area contributed by atoms with E-state index < -0.39 is 0 Å². The van der Waals surface area contributed by atoms with Gasteiger partial charge in [0.05, 0.1) is 18.6 Å². The van der Waals surface area contributed by atoms with E-state index in [-0.39, 0.29) is 5.91 Å². The predicted octanol–water partition coefficient (Wildman–Crippen LogP) is 3.15. The van der Waals surface area contributed by atoms with Crippen LogP contribution in [0.25, 0.3) is 0 Å². The normalized spacial score (nSPS) is 10.5. The molecule has 0 saturated heterocycles. The second-order valence-corrected chi connectivity index (χ2v) is 7.06. The van der Waals surface area contributed by atoms with Crippen LogP contribution in [-0.4, -0.2) is 21.9 Å². The lowest BCUT2D eigenvalue weighted by Gasteiger charge is -2.01. The van der Waals surface area contributed by atoms with Crippen LogP contribution in [0.1, 0.15) is 11.3 Å². The van der Waals surface area contributed by atoms with Gasteiger partial charge in [-0.1, -0.05) is 53.4 Å². The highest BCUT2D eigenvalue weighted by Gasteiger charge is 2.08. The summed E-state index contributed by atoms with van der Waals surface area (Å²) in [5.41, 5.74) is 1.18. The number of nitrogens with zero attached hydrogens (tertiary/aromatic N) is 2. The number of thioether (sulfide) groups is 1. The van der Waals surface area contributed by atoms with Crippen molar-refractivity contribution in [1.29, 1.82) is 0 Å². The number of hydrogen-bond donors (Lipinski definition) is 2. The number of rotatable bonds is 8. The molecule has 2 N–H and O–H groups in total. The summed E-state index contributed by atoms with van der Waals surface area (Å²) < 4.78 is 5.93. The standard InChI is InChI=1S/C16H16N4O2S2/c21-14(17-10-13-7-4-8-22-13)11-23-16-20-19-15(24-16)18-9-12-5-2-1-3-6-12/h1-8H,9-11H2,(H,17,21)(H,18,19). The first-order valence-electron chi connectivity index (χ1n) is 7.33. The van der Waals surface area contributed by atoms with E-state index in [1.54, 1.807) is 12.3 Å². The molecule has 0 aliphatic rings. The third kappa shape index (κ3) is 5.10. The lowest BCUT2D eigenvalue weighted by Crippen LogP contribution is -2.24. The van der Waals surface area contributed by atoms with Gasteiger partial charge in [0, 0.05) is 6.54 Å². The molecule has 1 amide bonds. The maximum absolute atomic E-state index is 11.8. The van der Waals surface area contributed by atoms with Crippen molar-refractivity contribution >= 4 is 34.1 Å². The number of benzene rings is 1. The van der Waals surface area contributed by atoms with Crippen LogP contribution in [0.15, 0.2) is 57.5 Å².